The average molecular weight is 336 g/mol. The molecule has 2 aromatic carbocycles. The number of carbonyl (C=O) groups is 1. The summed E-state index contributed by atoms with van der Waals surface area (Å²) in [5.74, 6) is 0.374. The van der Waals surface area contributed by atoms with Crippen molar-refractivity contribution in [2.75, 3.05) is 11.9 Å². The molecule has 0 aromatic heterocycles. The standard InChI is InChI=1S/C15H14BrNO3/c16-12-4-2-6-14(8-12)20-10-15(19)17-13-5-1-3-11(7-13)9-18/h1-8,18H,9-10H2,(H,17,19). The summed E-state index contributed by atoms with van der Waals surface area (Å²) in [6, 6.07) is 14.3. The summed E-state index contributed by atoms with van der Waals surface area (Å²) in [5, 5.41) is 11.7. The van der Waals surface area contributed by atoms with Crippen LogP contribution in [-0.2, 0) is 11.4 Å². The maximum atomic E-state index is 11.8. The lowest BCUT2D eigenvalue weighted by molar-refractivity contribution is -0.118. The van der Waals surface area contributed by atoms with Crippen molar-refractivity contribution >= 4 is 27.5 Å². The molecule has 2 aromatic rings. The molecule has 5 heteroatoms. The Balaban J connectivity index is 1.89. The van der Waals surface area contributed by atoms with E-state index < -0.39 is 0 Å². The number of ether oxygens (including phenoxy) is 1. The van der Waals surface area contributed by atoms with Crippen molar-refractivity contribution in [1.29, 1.82) is 0 Å². The lowest BCUT2D eigenvalue weighted by Crippen LogP contribution is -2.20. The summed E-state index contributed by atoms with van der Waals surface area (Å²) in [5.41, 5.74) is 1.38. The smallest absolute Gasteiger partial charge is 0.262 e. The highest BCUT2D eigenvalue weighted by molar-refractivity contribution is 9.10. The van der Waals surface area contributed by atoms with E-state index in [2.05, 4.69) is 21.2 Å². The van der Waals surface area contributed by atoms with Crippen molar-refractivity contribution in [2.45, 2.75) is 6.61 Å². The van der Waals surface area contributed by atoms with Gasteiger partial charge in [0.2, 0.25) is 0 Å². The fourth-order valence-corrected chi connectivity index (χ4v) is 2.03. The van der Waals surface area contributed by atoms with Gasteiger partial charge in [0, 0.05) is 10.2 Å². The van der Waals surface area contributed by atoms with E-state index in [4.69, 9.17) is 9.84 Å². The van der Waals surface area contributed by atoms with E-state index in [0.717, 1.165) is 10.0 Å². The van der Waals surface area contributed by atoms with Crippen LogP contribution in [0.3, 0.4) is 0 Å². The van der Waals surface area contributed by atoms with Crippen molar-refractivity contribution < 1.29 is 14.6 Å². The Bertz CT molecular complexity index is 601. The lowest BCUT2D eigenvalue weighted by atomic mass is 10.2. The number of nitrogens with one attached hydrogen (secondary N) is 1. The summed E-state index contributed by atoms with van der Waals surface area (Å²) in [7, 11) is 0. The largest absolute Gasteiger partial charge is 0.484 e. The summed E-state index contributed by atoms with van der Waals surface area (Å²) < 4.78 is 6.28. The Morgan fingerprint density at radius 3 is 2.75 bits per heavy atom. The molecule has 104 valence electrons. The molecule has 20 heavy (non-hydrogen) atoms. The van der Waals surface area contributed by atoms with Gasteiger partial charge in [0.25, 0.3) is 5.91 Å². The van der Waals surface area contributed by atoms with Gasteiger partial charge in [-0.3, -0.25) is 4.79 Å². The maximum absolute atomic E-state index is 11.8. The molecule has 0 saturated carbocycles. The summed E-state index contributed by atoms with van der Waals surface area (Å²) in [6.07, 6.45) is 0. The van der Waals surface area contributed by atoms with Crippen LogP contribution in [0.5, 0.6) is 5.75 Å². The van der Waals surface area contributed by atoms with Crippen molar-refractivity contribution in [2.24, 2.45) is 0 Å². The van der Waals surface area contributed by atoms with Crippen LogP contribution in [-0.4, -0.2) is 17.6 Å². The zero-order valence-electron chi connectivity index (χ0n) is 10.7. The second-order valence-electron chi connectivity index (χ2n) is 4.15. The SMILES string of the molecule is O=C(COc1cccc(Br)c1)Nc1cccc(CO)c1. The number of benzene rings is 2. The molecule has 0 atom stereocenters. The van der Waals surface area contributed by atoms with Crippen LogP contribution in [0.1, 0.15) is 5.56 Å². The Hall–Kier alpha value is -1.85. The van der Waals surface area contributed by atoms with Gasteiger partial charge >= 0.3 is 0 Å². The molecule has 0 fully saturated rings. The first-order valence-electron chi connectivity index (χ1n) is 6.05. The number of halogens is 1. The van der Waals surface area contributed by atoms with Gasteiger partial charge in [0.05, 0.1) is 6.61 Å². The summed E-state index contributed by atoms with van der Waals surface area (Å²) in [6.45, 7) is -0.127. The molecule has 2 rings (SSSR count). The third-order valence-corrected chi connectivity index (χ3v) is 3.05. The van der Waals surface area contributed by atoms with Crippen LogP contribution in [0.4, 0.5) is 5.69 Å². The quantitative estimate of drug-likeness (QED) is 0.883. The fraction of sp³-hybridized carbons (Fsp3) is 0.133. The predicted molar refractivity (Wildman–Crippen MR) is 80.6 cm³/mol. The minimum atomic E-state index is -0.250. The minimum absolute atomic E-state index is 0.0573. The van der Waals surface area contributed by atoms with Crippen molar-refractivity contribution in [1.82, 2.24) is 0 Å². The molecule has 4 nitrogen and oxygen atoms in total. The van der Waals surface area contributed by atoms with E-state index in [-0.39, 0.29) is 19.1 Å². The van der Waals surface area contributed by atoms with Gasteiger partial charge in [-0.1, -0.05) is 34.1 Å². The second-order valence-corrected chi connectivity index (χ2v) is 5.07. The van der Waals surface area contributed by atoms with Crippen LogP contribution in [0.15, 0.2) is 53.0 Å². The van der Waals surface area contributed by atoms with Crippen LogP contribution < -0.4 is 10.1 Å². The van der Waals surface area contributed by atoms with Gasteiger partial charge in [0.1, 0.15) is 5.75 Å². The first-order valence-corrected chi connectivity index (χ1v) is 6.84. The molecular weight excluding hydrogens is 322 g/mol. The number of hydrogen-bond donors (Lipinski definition) is 2. The Morgan fingerprint density at radius 2 is 2.00 bits per heavy atom. The van der Waals surface area contributed by atoms with E-state index in [1.54, 1.807) is 36.4 Å². The van der Waals surface area contributed by atoms with Crippen LogP contribution in [0.25, 0.3) is 0 Å². The summed E-state index contributed by atoms with van der Waals surface area (Å²) >= 11 is 3.33. The van der Waals surface area contributed by atoms with Gasteiger partial charge < -0.3 is 15.2 Å². The van der Waals surface area contributed by atoms with E-state index in [1.807, 2.05) is 12.1 Å². The number of hydrogen-bond acceptors (Lipinski definition) is 3. The average Bonchev–Trinajstić information content (AvgIpc) is 2.45. The lowest BCUT2D eigenvalue weighted by Gasteiger charge is -2.08. The van der Waals surface area contributed by atoms with Crippen molar-refractivity contribution in [3.8, 4) is 5.75 Å². The van der Waals surface area contributed by atoms with Crippen LogP contribution in [0, 0.1) is 0 Å². The highest BCUT2D eigenvalue weighted by Crippen LogP contribution is 2.17. The predicted octanol–water partition coefficient (Wildman–Crippen LogP) is 2.96. The zero-order valence-corrected chi connectivity index (χ0v) is 12.3. The minimum Gasteiger partial charge on any atom is -0.484 e. The fourth-order valence-electron chi connectivity index (χ4n) is 1.65. The zero-order chi connectivity index (χ0) is 14.4. The Labute approximate surface area is 125 Å². The molecule has 2 N–H and O–H groups in total. The first-order chi connectivity index (χ1) is 9.67. The first kappa shape index (κ1) is 14.6. The van der Waals surface area contributed by atoms with Gasteiger partial charge in [-0.15, -0.1) is 0 Å². The van der Waals surface area contributed by atoms with Crippen molar-refractivity contribution in [3.05, 3.63) is 58.6 Å². The third-order valence-electron chi connectivity index (χ3n) is 2.56. The molecule has 0 radical (unpaired) electrons. The molecule has 0 unspecified atom stereocenters. The molecule has 0 bridgehead atoms. The molecule has 0 saturated heterocycles. The molecule has 0 spiro atoms. The Morgan fingerprint density at radius 1 is 1.20 bits per heavy atom. The van der Waals surface area contributed by atoms with Gasteiger partial charge in [-0.2, -0.15) is 0 Å². The molecular formula is C15H14BrNO3. The van der Waals surface area contributed by atoms with Crippen molar-refractivity contribution in [3.63, 3.8) is 0 Å². The molecule has 0 aliphatic carbocycles. The number of carbonyl (C=O) groups excluding carboxylic acids is 1. The third kappa shape index (κ3) is 4.36. The number of aliphatic hydroxyl groups is 1. The highest BCUT2D eigenvalue weighted by atomic mass is 79.9. The monoisotopic (exact) mass is 335 g/mol. The van der Waals surface area contributed by atoms with Crippen LogP contribution in [0.2, 0.25) is 0 Å². The van der Waals surface area contributed by atoms with Gasteiger partial charge in [-0.05, 0) is 35.9 Å². The highest BCUT2D eigenvalue weighted by Gasteiger charge is 2.04. The number of aliphatic hydroxyl groups excluding tert-OH is 1. The number of anilines is 1. The van der Waals surface area contributed by atoms with Gasteiger partial charge in [0.15, 0.2) is 6.61 Å². The van der Waals surface area contributed by atoms with Crippen LogP contribution >= 0.6 is 15.9 Å². The Kier molecular flexibility index (Phi) is 5.15. The maximum Gasteiger partial charge on any atom is 0.262 e. The summed E-state index contributed by atoms with van der Waals surface area (Å²) in [4.78, 5) is 11.8. The molecule has 1 amide bonds. The molecule has 0 heterocycles. The van der Waals surface area contributed by atoms with E-state index in [0.29, 0.717) is 11.4 Å². The molecule has 0 aliphatic rings. The van der Waals surface area contributed by atoms with E-state index in [1.165, 1.54) is 0 Å². The van der Waals surface area contributed by atoms with E-state index in [9.17, 15) is 4.79 Å². The van der Waals surface area contributed by atoms with Gasteiger partial charge in [-0.25, -0.2) is 0 Å². The molecule has 0 aliphatic heterocycles. The number of rotatable bonds is 5. The number of amides is 1. The topological polar surface area (TPSA) is 58.6 Å². The second kappa shape index (κ2) is 7.07. The van der Waals surface area contributed by atoms with E-state index >= 15 is 0 Å². The normalized spacial score (nSPS) is 10.1.